The van der Waals surface area contributed by atoms with Gasteiger partial charge in [-0.05, 0) is 38.0 Å². The highest BCUT2D eigenvalue weighted by atomic mass is 19.4. The number of nitrogens with zero attached hydrogens (tertiary/aromatic N) is 1. The molecular formula is C15H18F4N2O2. The number of benzene rings is 1. The molecule has 0 unspecified atom stereocenters. The minimum absolute atomic E-state index is 0.0488. The number of alkyl halides is 3. The number of carbonyl (C=O) groups is 1. The van der Waals surface area contributed by atoms with Crippen LogP contribution < -0.4 is 5.32 Å². The highest BCUT2D eigenvalue weighted by Gasteiger charge is 2.57. The number of carbonyl (C=O) groups excluding carboxylic acids is 1. The molecule has 2 atom stereocenters. The highest BCUT2D eigenvalue weighted by Crippen LogP contribution is 2.38. The van der Waals surface area contributed by atoms with Gasteiger partial charge in [0.25, 0.3) is 0 Å². The van der Waals surface area contributed by atoms with Crippen LogP contribution in [-0.4, -0.2) is 46.8 Å². The van der Waals surface area contributed by atoms with Gasteiger partial charge in [-0.2, -0.15) is 13.2 Å². The topological polar surface area (TPSA) is 52.6 Å². The third-order valence-corrected chi connectivity index (χ3v) is 4.17. The van der Waals surface area contributed by atoms with Gasteiger partial charge in [-0.1, -0.05) is 6.07 Å². The normalized spacial score (nSPS) is 23.8. The van der Waals surface area contributed by atoms with Crippen molar-refractivity contribution >= 4 is 11.6 Å². The number of anilines is 1. The number of amides is 1. The summed E-state index contributed by atoms with van der Waals surface area (Å²) in [6, 6.07) is 3.28. The number of hydrogen-bond acceptors (Lipinski definition) is 3. The Morgan fingerprint density at radius 3 is 2.61 bits per heavy atom. The van der Waals surface area contributed by atoms with Gasteiger partial charge in [-0.25, -0.2) is 4.39 Å². The monoisotopic (exact) mass is 334 g/mol. The predicted octanol–water partition coefficient (Wildman–Crippen LogP) is 2.46. The van der Waals surface area contributed by atoms with E-state index in [4.69, 9.17) is 0 Å². The summed E-state index contributed by atoms with van der Waals surface area (Å²) in [7, 11) is 0. The molecule has 1 aliphatic rings. The summed E-state index contributed by atoms with van der Waals surface area (Å²) in [5, 5.41) is 12.1. The van der Waals surface area contributed by atoms with E-state index in [0.29, 0.717) is 5.56 Å². The first-order chi connectivity index (χ1) is 10.5. The van der Waals surface area contributed by atoms with Gasteiger partial charge < -0.3 is 10.4 Å². The third-order valence-electron chi connectivity index (χ3n) is 4.17. The molecule has 0 aliphatic carbocycles. The molecule has 1 aliphatic heterocycles. The highest BCUT2D eigenvalue weighted by molar-refractivity contribution is 5.94. The van der Waals surface area contributed by atoms with Crippen molar-refractivity contribution in [3.05, 3.63) is 29.6 Å². The van der Waals surface area contributed by atoms with Crippen LogP contribution in [0, 0.1) is 12.7 Å². The first-order valence-electron chi connectivity index (χ1n) is 7.14. The standard InChI is InChI=1S/C15H18F4N2O2/c1-9-3-4-11(7-12(9)16)20-13(22)10(2)21-6-5-14(23,8-21)15(17,18)19/h3-4,7,10,23H,5-6,8H2,1-2H3,(H,20,22)/t10-,14-/m1/s1. The van der Waals surface area contributed by atoms with E-state index >= 15 is 0 Å². The molecule has 1 saturated heterocycles. The molecule has 0 bridgehead atoms. The molecule has 2 rings (SSSR count). The van der Waals surface area contributed by atoms with Gasteiger partial charge in [-0.15, -0.1) is 0 Å². The summed E-state index contributed by atoms with van der Waals surface area (Å²) in [6.45, 7) is 2.31. The predicted molar refractivity (Wildman–Crippen MR) is 76.4 cm³/mol. The van der Waals surface area contributed by atoms with Crippen LogP contribution in [0.25, 0.3) is 0 Å². The quantitative estimate of drug-likeness (QED) is 0.835. The fourth-order valence-corrected chi connectivity index (χ4v) is 2.47. The zero-order valence-corrected chi connectivity index (χ0v) is 12.7. The van der Waals surface area contributed by atoms with Gasteiger partial charge >= 0.3 is 6.18 Å². The summed E-state index contributed by atoms with van der Waals surface area (Å²) in [4.78, 5) is 13.4. The lowest BCUT2D eigenvalue weighted by Crippen LogP contribution is -2.49. The van der Waals surface area contributed by atoms with Crippen LogP contribution in [0.1, 0.15) is 18.9 Å². The Morgan fingerprint density at radius 1 is 1.43 bits per heavy atom. The van der Waals surface area contributed by atoms with E-state index in [1.54, 1.807) is 6.92 Å². The molecule has 0 saturated carbocycles. The smallest absolute Gasteiger partial charge is 0.379 e. The van der Waals surface area contributed by atoms with Crippen molar-refractivity contribution in [2.45, 2.75) is 38.1 Å². The summed E-state index contributed by atoms with van der Waals surface area (Å²) in [5.74, 6) is -1.04. The number of hydrogen-bond donors (Lipinski definition) is 2. The van der Waals surface area contributed by atoms with Crippen LogP contribution in [0.5, 0.6) is 0 Å². The minimum atomic E-state index is -4.74. The van der Waals surface area contributed by atoms with Gasteiger partial charge in [0.1, 0.15) is 5.82 Å². The van der Waals surface area contributed by atoms with Crippen LogP contribution in [0.2, 0.25) is 0 Å². The van der Waals surface area contributed by atoms with Crippen molar-refractivity contribution in [1.29, 1.82) is 0 Å². The van der Waals surface area contributed by atoms with E-state index in [0.717, 1.165) is 6.07 Å². The molecule has 1 fully saturated rings. The lowest BCUT2D eigenvalue weighted by Gasteiger charge is -2.28. The van der Waals surface area contributed by atoms with E-state index < -0.39 is 42.5 Å². The molecule has 1 aromatic carbocycles. The maximum Gasteiger partial charge on any atom is 0.418 e. The summed E-state index contributed by atoms with van der Waals surface area (Å²) >= 11 is 0. The zero-order chi connectivity index (χ0) is 17.4. The van der Waals surface area contributed by atoms with Crippen molar-refractivity contribution in [1.82, 2.24) is 4.90 Å². The van der Waals surface area contributed by atoms with E-state index in [1.165, 1.54) is 24.0 Å². The molecular weight excluding hydrogens is 316 g/mol. The van der Waals surface area contributed by atoms with E-state index in [-0.39, 0.29) is 12.2 Å². The second kappa shape index (κ2) is 6.09. The summed E-state index contributed by atoms with van der Waals surface area (Å²) < 4.78 is 51.8. The van der Waals surface area contributed by atoms with Crippen LogP contribution in [0.3, 0.4) is 0 Å². The molecule has 1 aromatic rings. The van der Waals surface area contributed by atoms with Gasteiger partial charge in [0.2, 0.25) is 5.91 Å². The number of β-amino-alcohol motifs (C(OH)–C–C–N with tert-alkyl or cyclic N) is 1. The maximum atomic E-state index is 13.4. The number of rotatable bonds is 3. The van der Waals surface area contributed by atoms with Crippen LogP contribution in [0.15, 0.2) is 18.2 Å². The Balaban J connectivity index is 2.02. The average Bonchev–Trinajstić information content (AvgIpc) is 2.85. The first-order valence-corrected chi connectivity index (χ1v) is 7.14. The van der Waals surface area contributed by atoms with Gasteiger partial charge in [0.15, 0.2) is 5.60 Å². The molecule has 8 heteroatoms. The lowest BCUT2D eigenvalue weighted by molar-refractivity contribution is -0.254. The molecule has 4 nitrogen and oxygen atoms in total. The number of halogens is 4. The van der Waals surface area contributed by atoms with Gasteiger partial charge in [0.05, 0.1) is 6.04 Å². The largest absolute Gasteiger partial charge is 0.418 e. The lowest BCUT2D eigenvalue weighted by atomic mass is 10.0. The molecule has 1 amide bonds. The SMILES string of the molecule is Cc1ccc(NC(=O)[C@@H](C)N2CC[C@](O)(C(F)(F)F)C2)cc1F. The van der Waals surface area contributed by atoms with E-state index in [1.807, 2.05) is 0 Å². The van der Waals surface area contributed by atoms with E-state index in [9.17, 15) is 27.5 Å². The molecule has 0 radical (unpaired) electrons. The Hall–Kier alpha value is -1.67. The Kier molecular flexibility index (Phi) is 4.68. The van der Waals surface area contributed by atoms with Crippen LogP contribution >= 0.6 is 0 Å². The third kappa shape index (κ3) is 3.64. The van der Waals surface area contributed by atoms with Crippen molar-refractivity contribution < 1.29 is 27.5 Å². The second-order valence-electron chi connectivity index (χ2n) is 5.88. The van der Waals surface area contributed by atoms with Crippen molar-refractivity contribution in [2.75, 3.05) is 18.4 Å². The Labute approximate surface area is 131 Å². The van der Waals surface area contributed by atoms with Gasteiger partial charge in [-0.3, -0.25) is 9.69 Å². The zero-order valence-electron chi connectivity index (χ0n) is 12.7. The number of nitrogens with one attached hydrogen (secondary N) is 1. The number of aryl methyl sites for hydroxylation is 1. The van der Waals surface area contributed by atoms with E-state index in [2.05, 4.69) is 5.32 Å². The Bertz CT molecular complexity index is 606. The fourth-order valence-electron chi connectivity index (χ4n) is 2.47. The van der Waals surface area contributed by atoms with Crippen LogP contribution in [-0.2, 0) is 4.79 Å². The average molecular weight is 334 g/mol. The Morgan fingerprint density at radius 2 is 2.09 bits per heavy atom. The number of aliphatic hydroxyl groups is 1. The minimum Gasteiger partial charge on any atom is -0.379 e. The molecule has 0 aromatic heterocycles. The molecule has 0 spiro atoms. The molecule has 2 N–H and O–H groups in total. The van der Waals surface area contributed by atoms with Crippen LogP contribution in [0.4, 0.5) is 23.2 Å². The number of likely N-dealkylation sites (tertiary alicyclic amines) is 1. The molecule has 1 heterocycles. The summed E-state index contributed by atoms with van der Waals surface area (Å²) in [5.41, 5.74) is -2.14. The van der Waals surface area contributed by atoms with Gasteiger partial charge in [0, 0.05) is 18.8 Å². The molecule has 128 valence electrons. The fraction of sp³-hybridized carbons (Fsp3) is 0.533. The molecule has 23 heavy (non-hydrogen) atoms. The second-order valence-corrected chi connectivity index (χ2v) is 5.88. The maximum absolute atomic E-state index is 13.4. The summed E-state index contributed by atoms with van der Waals surface area (Å²) in [6.07, 6.45) is -5.22. The first kappa shape index (κ1) is 17.7. The van der Waals surface area contributed by atoms with Crippen molar-refractivity contribution in [3.8, 4) is 0 Å². The van der Waals surface area contributed by atoms with Crippen molar-refractivity contribution in [3.63, 3.8) is 0 Å². The van der Waals surface area contributed by atoms with Crippen molar-refractivity contribution in [2.24, 2.45) is 0 Å².